The fourth-order valence-electron chi connectivity index (χ4n) is 2.78. The van der Waals surface area contributed by atoms with Crippen molar-refractivity contribution in [3.8, 4) is 0 Å². The second-order valence-corrected chi connectivity index (χ2v) is 3.96. The zero-order valence-corrected chi connectivity index (χ0v) is 6.94. The van der Waals surface area contributed by atoms with Crippen molar-refractivity contribution in [2.45, 2.75) is 6.42 Å². The van der Waals surface area contributed by atoms with Gasteiger partial charge in [-0.15, -0.1) is 0 Å². The normalized spacial score (nSPS) is 37.2. The molecule has 3 heteroatoms. The molecule has 0 saturated carbocycles. The number of nitrogens with zero attached hydrogens (tertiary/aromatic N) is 2. The third kappa shape index (κ3) is 0.642. The fraction of sp³-hybridized carbons (Fsp3) is 0.667. The molecule has 0 aromatic heterocycles. The average molecular weight is 164 g/mol. The number of fused-ring (bicyclic) bond motifs is 1. The molecule has 0 radical (unpaired) electrons. The Bertz CT molecular complexity index is 261. The molecule has 1 amide bonds. The summed E-state index contributed by atoms with van der Waals surface area (Å²) in [6.07, 6.45) is 4.40. The van der Waals surface area contributed by atoms with Gasteiger partial charge in [0.25, 0.3) is 0 Å². The number of hydrogen-bond donors (Lipinski definition) is 0. The minimum Gasteiger partial charge on any atom is -0.376 e. The largest absolute Gasteiger partial charge is 0.376 e. The molecule has 2 fully saturated rings. The summed E-state index contributed by atoms with van der Waals surface area (Å²) in [6.45, 7) is 3.31. The van der Waals surface area contributed by atoms with Gasteiger partial charge >= 0.3 is 0 Å². The van der Waals surface area contributed by atoms with E-state index in [1.54, 1.807) is 0 Å². The van der Waals surface area contributed by atoms with Crippen LogP contribution in [-0.4, -0.2) is 35.8 Å². The molecule has 4 heterocycles. The molecule has 0 aromatic rings. The van der Waals surface area contributed by atoms with Gasteiger partial charge in [0.15, 0.2) is 0 Å². The zero-order chi connectivity index (χ0) is 8.13. The van der Waals surface area contributed by atoms with Crippen molar-refractivity contribution in [1.82, 2.24) is 9.80 Å². The first-order chi connectivity index (χ1) is 5.88. The highest BCUT2D eigenvalue weighted by molar-refractivity contribution is 5.53. The molecule has 2 atom stereocenters. The first-order valence-corrected chi connectivity index (χ1v) is 4.56. The number of rotatable bonds is 1. The van der Waals surface area contributed by atoms with E-state index in [0.29, 0.717) is 5.92 Å². The maximum absolute atomic E-state index is 10.7. The van der Waals surface area contributed by atoms with Gasteiger partial charge in [-0.2, -0.15) is 0 Å². The summed E-state index contributed by atoms with van der Waals surface area (Å²) in [4.78, 5) is 14.9. The lowest BCUT2D eigenvalue weighted by atomic mass is 9.84. The molecule has 64 valence electrons. The maximum Gasteiger partial charge on any atom is 0.213 e. The molecule has 4 aliphatic rings. The van der Waals surface area contributed by atoms with Crippen LogP contribution in [0.1, 0.15) is 6.42 Å². The molecule has 0 N–H and O–H groups in total. The van der Waals surface area contributed by atoms with E-state index in [1.165, 1.54) is 25.2 Å². The lowest BCUT2D eigenvalue weighted by molar-refractivity contribution is -0.116. The van der Waals surface area contributed by atoms with Crippen molar-refractivity contribution in [2.24, 2.45) is 11.8 Å². The van der Waals surface area contributed by atoms with Gasteiger partial charge in [0.1, 0.15) is 0 Å². The average Bonchev–Trinajstić information content (AvgIpc) is 2.39. The second-order valence-electron chi connectivity index (χ2n) is 3.96. The zero-order valence-electron chi connectivity index (χ0n) is 6.94. The van der Waals surface area contributed by atoms with Gasteiger partial charge in [0, 0.05) is 43.4 Å². The minimum atomic E-state index is 0.695. The number of hydrogen-bond acceptors (Lipinski definition) is 2. The van der Waals surface area contributed by atoms with Crippen molar-refractivity contribution in [3.63, 3.8) is 0 Å². The third-order valence-corrected chi connectivity index (χ3v) is 3.35. The molecule has 0 unspecified atom stereocenters. The Kier molecular flexibility index (Phi) is 1.10. The van der Waals surface area contributed by atoms with Crippen LogP contribution in [0.4, 0.5) is 0 Å². The minimum absolute atomic E-state index is 0.695. The second kappa shape index (κ2) is 2.03. The van der Waals surface area contributed by atoms with E-state index < -0.39 is 0 Å². The predicted octanol–water partition coefficient (Wildman–Crippen LogP) is 0.252. The Morgan fingerprint density at radius 3 is 3.08 bits per heavy atom. The van der Waals surface area contributed by atoms with Gasteiger partial charge in [0.2, 0.25) is 6.41 Å². The molecule has 4 aliphatic heterocycles. The van der Waals surface area contributed by atoms with Gasteiger partial charge in [-0.25, -0.2) is 0 Å². The molecule has 0 aromatic carbocycles. The monoisotopic (exact) mass is 164 g/mol. The molecule has 4 bridgehead atoms. The maximum atomic E-state index is 10.7. The standard InChI is InChI=1S/C9H12N2O/c12-6-11-4-7-3-10-2-1-8(7)9(11)5-10/h5-8H,1-4H2/t7-,8-/m1/s1. The van der Waals surface area contributed by atoms with E-state index in [4.69, 9.17) is 0 Å². The Labute approximate surface area is 71.6 Å². The van der Waals surface area contributed by atoms with Crippen molar-refractivity contribution in [1.29, 1.82) is 0 Å². The van der Waals surface area contributed by atoms with Crippen molar-refractivity contribution in [2.75, 3.05) is 19.6 Å². The first-order valence-electron chi connectivity index (χ1n) is 4.56. The Hall–Kier alpha value is -0.990. The van der Waals surface area contributed by atoms with Crippen molar-refractivity contribution >= 4 is 6.41 Å². The van der Waals surface area contributed by atoms with E-state index >= 15 is 0 Å². The van der Waals surface area contributed by atoms with Gasteiger partial charge in [-0.05, 0) is 6.42 Å². The van der Waals surface area contributed by atoms with Gasteiger partial charge in [-0.1, -0.05) is 0 Å². The van der Waals surface area contributed by atoms with Crippen LogP contribution >= 0.6 is 0 Å². The van der Waals surface area contributed by atoms with E-state index in [2.05, 4.69) is 11.1 Å². The van der Waals surface area contributed by atoms with Crippen molar-refractivity contribution in [3.05, 3.63) is 11.9 Å². The highest BCUT2D eigenvalue weighted by Crippen LogP contribution is 2.42. The molecule has 4 rings (SSSR count). The van der Waals surface area contributed by atoms with Gasteiger partial charge in [0.05, 0.1) is 0 Å². The van der Waals surface area contributed by atoms with E-state index in [9.17, 15) is 4.79 Å². The Morgan fingerprint density at radius 1 is 1.50 bits per heavy atom. The molecule has 12 heavy (non-hydrogen) atoms. The fourth-order valence-corrected chi connectivity index (χ4v) is 2.78. The number of piperidine rings is 1. The summed E-state index contributed by atoms with van der Waals surface area (Å²) >= 11 is 0. The summed E-state index contributed by atoms with van der Waals surface area (Å²) in [7, 11) is 0. The van der Waals surface area contributed by atoms with E-state index in [0.717, 1.165) is 18.9 Å². The van der Waals surface area contributed by atoms with Crippen LogP contribution in [0.25, 0.3) is 0 Å². The molecule has 0 aliphatic carbocycles. The van der Waals surface area contributed by atoms with Crippen LogP contribution < -0.4 is 0 Å². The number of allylic oxidation sites excluding steroid dienone is 1. The van der Waals surface area contributed by atoms with Crippen LogP contribution in [0.5, 0.6) is 0 Å². The highest BCUT2D eigenvalue weighted by Gasteiger charge is 2.43. The van der Waals surface area contributed by atoms with Crippen molar-refractivity contribution < 1.29 is 4.79 Å². The van der Waals surface area contributed by atoms with Crippen LogP contribution in [0.2, 0.25) is 0 Å². The topological polar surface area (TPSA) is 23.6 Å². The van der Waals surface area contributed by atoms with E-state index in [-0.39, 0.29) is 0 Å². The summed E-state index contributed by atoms with van der Waals surface area (Å²) < 4.78 is 0. The lowest BCUT2D eigenvalue weighted by Gasteiger charge is -2.38. The van der Waals surface area contributed by atoms with Crippen LogP contribution in [-0.2, 0) is 4.79 Å². The molecule has 2 saturated heterocycles. The summed E-state index contributed by atoms with van der Waals surface area (Å²) in [6, 6.07) is 0. The van der Waals surface area contributed by atoms with Crippen LogP contribution in [0.15, 0.2) is 11.9 Å². The molecular weight excluding hydrogens is 152 g/mol. The Morgan fingerprint density at radius 2 is 2.42 bits per heavy atom. The number of carbonyl (C=O) groups excluding carboxylic acids is 1. The highest BCUT2D eigenvalue weighted by atomic mass is 16.1. The SMILES string of the molecule is O=CN1C[C@H]2CN3C=C1[C@@H]2CC3. The lowest BCUT2D eigenvalue weighted by Crippen LogP contribution is -2.40. The summed E-state index contributed by atoms with van der Waals surface area (Å²) in [5, 5.41) is 0. The first kappa shape index (κ1) is 6.52. The van der Waals surface area contributed by atoms with Crippen LogP contribution in [0.3, 0.4) is 0 Å². The van der Waals surface area contributed by atoms with Crippen LogP contribution in [0, 0.1) is 11.8 Å². The number of carbonyl (C=O) groups is 1. The van der Waals surface area contributed by atoms with Gasteiger partial charge < -0.3 is 9.80 Å². The Balaban J connectivity index is 2.03. The third-order valence-electron chi connectivity index (χ3n) is 3.35. The predicted molar refractivity (Wildman–Crippen MR) is 44.0 cm³/mol. The number of amides is 1. The van der Waals surface area contributed by atoms with Gasteiger partial charge in [-0.3, -0.25) is 4.79 Å². The molecular formula is C9H12N2O. The number of likely N-dealkylation sites (tertiary alicyclic amines) is 1. The summed E-state index contributed by atoms with van der Waals surface area (Å²) in [5.74, 6) is 1.42. The molecule has 3 nitrogen and oxygen atoms in total. The smallest absolute Gasteiger partial charge is 0.213 e. The quantitative estimate of drug-likeness (QED) is 0.519. The molecule has 0 spiro atoms. The summed E-state index contributed by atoms with van der Waals surface area (Å²) in [5.41, 5.74) is 1.27. The van der Waals surface area contributed by atoms with E-state index in [1.807, 2.05) is 4.90 Å².